The molecule has 1 aliphatic carbocycles. The Kier molecular flexibility index (Phi) is 5.18. The lowest BCUT2D eigenvalue weighted by Crippen LogP contribution is -2.26. The highest BCUT2D eigenvalue weighted by atomic mass is 16.1. The molecule has 152 valence electrons. The summed E-state index contributed by atoms with van der Waals surface area (Å²) in [6.45, 7) is 1.18. The summed E-state index contributed by atoms with van der Waals surface area (Å²) in [6, 6.07) is 14.6. The van der Waals surface area contributed by atoms with Crippen LogP contribution in [0.2, 0.25) is 0 Å². The van der Waals surface area contributed by atoms with Crippen molar-refractivity contribution in [3.8, 4) is 11.3 Å². The predicted octanol–water partition coefficient (Wildman–Crippen LogP) is 4.62. The molecule has 30 heavy (non-hydrogen) atoms. The molecule has 0 radical (unpaired) electrons. The molecule has 5 rings (SSSR count). The molecule has 0 spiro atoms. The van der Waals surface area contributed by atoms with Gasteiger partial charge in [-0.05, 0) is 48.9 Å². The highest BCUT2D eigenvalue weighted by Gasteiger charge is 2.16. The van der Waals surface area contributed by atoms with Gasteiger partial charge in [0.05, 0.1) is 24.0 Å². The maximum absolute atomic E-state index is 13.4. The van der Waals surface area contributed by atoms with Crippen LogP contribution in [0.1, 0.15) is 36.8 Å². The van der Waals surface area contributed by atoms with Gasteiger partial charge in [-0.2, -0.15) is 5.10 Å². The third-order valence-electron chi connectivity index (χ3n) is 6.10. The first-order valence-electron chi connectivity index (χ1n) is 10.9. The Morgan fingerprint density at radius 3 is 2.30 bits per heavy atom. The van der Waals surface area contributed by atoms with E-state index in [-0.39, 0.29) is 5.56 Å². The van der Waals surface area contributed by atoms with Crippen molar-refractivity contribution in [3.05, 3.63) is 82.7 Å². The molecule has 0 unspecified atom stereocenters. The Morgan fingerprint density at radius 1 is 0.867 bits per heavy atom. The predicted molar refractivity (Wildman–Crippen MR) is 120 cm³/mol. The van der Waals surface area contributed by atoms with Crippen molar-refractivity contribution in [1.82, 2.24) is 19.3 Å². The van der Waals surface area contributed by atoms with Gasteiger partial charge in [-0.25, -0.2) is 9.67 Å². The van der Waals surface area contributed by atoms with Gasteiger partial charge in [0.15, 0.2) is 0 Å². The molecular weight excluding hydrogens is 372 g/mol. The number of benzene rings is 2. The summed E-state index contributed by atoms with van der Waals surface area (Å²) >= 11 is 0. The first kappa shape index (κ1) is 18.8. The third kappa shape index (κ3) is 3.67. The SMILES string of the molecule is O=c1c2cc3c(cc2c(-c2ccccc2)nn1CCn1ccnc1)CCCCCC3. The Labute approximate surface area is 176 Å². The van der Waals surface area contributed by atoms with Crippen molar-refractivity contribution in [2.24, 2.45) is 0 Å². The number of hydrogen-bond acceptors (Lipinski definition) is 3. The van der Waals surface area contributed by atoms with E-state index in [1.807, 2.05) is 29.0 Å². The second kappa shape index (κ2) is 8.27. The fraction of sp³-hybridized carbons (Fsp3) is 0.320. The summed E-state index contributed by atoms with van der Waals surface area (Å²) in [5.41, 5.74) is 4.66. The van der Waals surface area contributed by atoms with Crippen LogP contribution in [0.25, 0.3) is 22.0 Å². The van der Waals surface area contributed by atoms with Crippen LogP contribution in [-0.2, 0) is 25.9 Å². The second-order valence-corrected chi connectivity index (χ2v) is 8.12. The molecule has 0 bridgehead atoms. The lowest BCUT2D eigenvalue weighted by molar-refractivity contribution is 0.516. The first-order chi connectivity index (χ1) is 14.8. The van der Waals surface area contributed by atoms with Gasteiger partial charge in [-0.15, -0.1) is 0 Å². The minimum absolute atomic E-state index is 0.00495. The number of fused-ring (bicyclic) bond motifs is 2. The quantitative estimate of drug-likeness (QED) is 0.504. The maximum atomic E-state index is 13.4. The molecule has 5 nitrogen and oxygen atoms in total. The standard InChI is InChI=1S/C25H26N4O/c30-25-23-17-21-11-5-2-1-4-10-20(21)16-22(23)24(19-8-6-3-7-9-19)27-29(25)15-14-28-13-12-26-18-28/h3,6-9,12-13,16-18H,1-2,4-5,10-11,14-15H2. The van der Waals surface area contributed by atoms with Crippen molar-refractivity contribution >= 4 is 10.8 Å². The molecule has 0 atom stereocenters. The lowest BCUT2D eigenvalue weighted by Gasteiger charge is -2.17. The molecule has 1 aliphatic rings. The van der Waals surface area contributed by atoms with E-state index in [2.05, 4.69) is 29.2 Å². The summed E-state index contributed by atoms with van der Waals surface area (Å²) in [6.07, 6.45) is 12.6. The van der Waals surface area contributed by atoms with Crippen LogP contribution in [-0.4, -0.2) is 19.3 Å². The Bertz CT molecular complexity index is 1210. The molecule has 5 heteroatoms. The van der Waals surface area contributed by atoms with Gasteiger partial charge in [-0.3, -0.25) is 4.79 Å². The van der Waals surface area contributed by atoms with Crippen LogP contribution < -0.4 is 5.56 Å². The van der Waals surface area contributed by atoms with E-state index in [4.69, 9.17) is 5.10 Å². The molecule has 0 saturated carbocycles. The average molecular weight is 399 g/mol. The zero-order chi connectivity index (χ0) is 20.3. The summed E-state index contributed by atoms with van der Waals surface area (Å²) in [5, 5.41) is 6.59. The number of aromatic nitrogens is 4. The monoisotopic (exact) mass is 398 g/mol. The maximum Gasteiger partial charge on any atom is 0.274 e. The van der Waals surface area contributed by atoms with Crippen LogP contribution in [0, 0.1) is 0 Å². The summed E-state index contributed by atoms with van der Waals surface area (Å²) in [4.78, 5) is 17.5. The Morgan fingerprint density at radius 2 is 1.60 bits per heavy atom. The summed E-state index contributed by atoms with van der Waals surface area (Å²) < 4.78 is 3.60. The van der Waals surface area contributed by atoms with Crippen molar-refractivity contribution in [3.63, 3.8) is 0 Å². The van der Waals surface area contributed by atoms with Crippen LogP contribution >= 0.6 is 0 Å². The van der Waals surface area contributed by atoms with E-state index in [0.717, 1.165) is 34.9 Å². The van der Waals surface area contributed by atoms with Crippen LogP contribution in [0.4, 0.5) is 0 Å². The molecule has 2 aromatic heterocycles. The van der Waals surface area contributed by atoms with Gasteiger partial charge in [0.25, 0.3) is 5.56 Å². The van der Waals surface area contributed by atoms with Gasteiger partial charge in [0.2, 0.25) is 0 Å². The van der Waals surface area contributed by atoms with Crippen molar-refractivity contribution in [2.45, 2.75) is 51.6 Å². The van der Waals surface area contributed by atoms with Crippen LogP contribution in [0.3, 0.4) is 0 Å². The molecule has 0 amide bonds. The molecule has 0 N–H and O–H groups in total. The zero-order valence-electron chi connectivity index (χ0n) is 17.1. The largest absolute Gasteiger partial charge is 0.336 e. The Balaban J connectivity index is 1.68. The van der Waals surface area contributed by atoms with Gasteiger partial charge < -0.3 is 4.57 Å². The smallest absolute Gasteiger partial charge is 0.274 e. The van der Waals surface area contributed by atoms with Crippen molar-refractivity contribution in [1.29, 1.82) is 0 Å². The number of imidazole rings is 1. The molecule has 2 heterocycles. The van der Waals surface area contributed by atoms with E-state index in [1.165, 1.54) is 36.8 Å². The minimum Gasteiger partial charge on any atom is -0.336 e. The molecule has 0 saturated heterocycles. The van der Waals surface area contributed by atoms with Crippen molar-refractivity contribution < 1.29 is 0 Å². The van der Waals surface area contributed by atoms with Gasteiger partial charge >= 0.3 is 0 Å². The third-order valence-corrected chi connectivity index (χ3v) is 6.10. The molecule has 0 fully saturated rings. The fourth-order valence-electron chi connectivity index (χ4n) is 4.46. The zero-order valence-corrected chi connectivity index (χ0v) is 17.1. The van der Waals surface area contributed by atoms with E-state index >= 15 is 0 Å². The number of nitrogens with zero attached hydrogens (tertiary/aromatic N) is 4. The van der Waals surface area contributed by atoms with E-state index in [0.29, 0.717) is 13.1 Å². The van der Waals surface area contributed by atoms with Crippen molar-refractivity contribution in [2.75, 3.05) is 0 Å². The summed E-state index contributed by atoms with van der Waals surface area (Å²) in [7, 11) is 0. The highest BCUT2D eigenvalue weighted by molar-refractivity contribution is 5.94. The topological polar surface area (TPSA) is 52.7 Å². The normalized spacial score (nSPS) is 14.3. The molecule has 4 aromatic rings. The lowest BCUT2D eigenvalue weighted by atomic mass is 9.90. The van der Waals surface area contributed by atoms with Gasteiger partial charge in [0, 0.05) is 29.9 Å². The molecule has 0 aliphatic heterocycles. The molecule has 2 aromatic carbocycles. The Hall–Kier alpha value is -3.21. The van der Waals surface area contributed by atoms with E-state index < -0.39 is 0 Å². The number of rotatable bonds is 4. The van der Waals surface area contributed by atoms with E-state index in [1.54, 1.807) is 17.2 Å². The number of hydrogen-bond donors (Lipinski definition) is 0. The highest BCUT2D eigenvalue weighted by Crippen LogP contribution is 2.30. The van der Waals surface area contributed by atoms with Gasteiger partial charge in [0.1, 0.15) is 0 Å². The average Bonchev–Trinajstić information content (AvgIpc) is 3.28. The van der Waals surface area contributed by atoms with Gasteiger partial charge in [-0.1, -0.05) is 43.2 Å². The van der Waals surface area contributed by atoms with Crippen LogP contribution in [0.15, 0.2) is 66.0 Å². The van der Waals surface area contributed by atoms with Crippen LogP contribution in [0.5, 0.6) is 0 Å². The summed E-state index contributed by atoms with van der Waals surface area (Å²) in [5.74, 6) is 0. The fourth-order valence-corrected chi connectivity index (χ4v) is 4.46. The second-order valence-electron chi connectivity index (χ2n) is 8.12. The van der Waals surface area contributed by atoms with E-state index in [9.17, 15) is 4.79 Å². The molecular formula is C25H26N4O. The first-order valence-corrected chi connectivity index (χ1v) is 10.9. The minimum atomic E-state index is -0.00495. The number of aryl methyl sites for hydroxylation is 4.